The van der Waals surface area contributed by atoms with E-state index in [2.05, 4.69) is 10.1 Å². The Morgan fingerprint density at radius 2 is 2.21 bits per heavy atom. The van der Waals surface area contributed by atoms with Gasteiger partial charge in [0, 0.05) is 23.7 Å². The second-order valence-corrected chi connectivity index (χ2v) is 8.57. The highest BCUT2D eigenvalue weighted by atomic mass is 35.5. The second-order valence-electron chi connectivity index (χ2n) is 6.81. The minimum atomic E-state index is -0.725. The number of rotatable bonds is 7. The Morgan fingerprint density at radius 3 is 2.89 bits per heavy atom. The summed E-state index contributed by atoms with van der Waals surface area (Å²) in [4.78, 5) is 19.9. The molecule has 2 heterocycles. The van der Waals surface area contributed by atoms with Crippen molar-refractivity contribution in [2.24, 2.45) is 11.1 Å². The monoisotopic (exact) mass is 440 g/mol. The molecule has 0 bridgehead atoms. The van der Waals surface area contributed by atoms with Gasteiger partial charge in [-0.2, -0.15) is 0 Å². The van der Waals surface area contributed by atoms with Gasteiger partial charge in [0.1, 0.15) is 12.3 Å². The molecule has 28 heavy (non-hydrogen) atoms. The average Bonchev–Trinajstić information content (AvgIpc) is 3.08. The van der Waals surface area contributed by atoms with Gasteiger partial charge in [0.25, 0.3) is 0 Å². The van der Waals surface area contributed by atoms with Gasteiger partial charge in [-0.25, -0.2) is 0 Å². The summed E-state index contributed by atoms with van der Waals surface area (Å²) in [6.45, 7) is 4.48. The van der Waals surface area contributed by atoms with Crippen LogP contribution < -0.4 is 0 Å². The van der Waals surface area contributed by atoms with E-state index in [-0.39, 0.29) is 5.92 Å². The third-order valence-corrected chi connectivity index (χ3v) is 6.34. The van der Waals surface area contributed by atoms with Crippen LogP contribution in [-0.2, 0) is 9.63 Å². The summed E-state index contributed by atoms with van der Waals surface area (Å²) >= 11 is 14.0. The summed E-state index contributed by atoms with van der Waals surface area (Å²) in [5.41, 5.74) is 2.54. The summed E-state index contributed by atoms with van der Waals surface area (Å²) in [5.74, 6) is -1.02. The maximum Gasteiger partial charge on any atom is 0.307 e. The van der Waals surface area contributed by atoms with Gasteiger partial charge in [-0.05, 0) is 61.5 Å². The molecule has 1 aromatic heterocycles. The molecule has 1 aliphatic rings. The molecule has 1 aliphatic heterocycles. The van der Waals surface area contributed by atoms with E-state index in [1.165, 1.54) is 0 Å². The first kappa shape index (κ1) is 21.1. The summed E-state index contributed by atoms with van der Waals surface area (Å²) in [5, 5.41) is 16.7. The van der Waals surface area contributed by atoms with Crippen LogP contribution >= 0.6 is 34.5 Å². The molecule has 1 N–H and O–H groups in total. The molecule has 1 aromatic carbocycles. The van der Waals surface area contributed by atoms with Gasteiger partial charge >= 0.3 is 5.97 Å². The number of benzene rings is 1. The predicted molar refractivity (Wildman–Crippen MR) is 114 cm³/mol. The van der Waals surface area contributed by atoms with E-state index in [4.69, 9.17) is 28.0 Å². The van der Waals surface area contributed by atoms with Crippen molar-refractivity contribution in [2.45, 2.75) is 19.8 Å². The fraction of sp³-hybridized carbons (Fsp3) is 0.400. The molecular formula is C20H22Cl2N2O3S. The third kappa shape index (κ3) is 5.26. The molecule has 150 valence electrons. The Balaban J connectivity index is 1.70. The Morgan fingerprint density at radius 1 is 1.39 bits per heavy atom. The highest BCUT2D eigenvalue weighted by molar-refractivity contribution is 7.12. The van der Waals surface area contributed by atoms with Crippen LogP contribution in [0.15, 0.2) is 34.8 Å². The maximum absolute atomic E-state index is 11.2. The van der Waals surface area contributed by atoms with Crippen molar-refractivity contribution in [3.05, 3.63) is 55.7 Å². The number of thiophene rings is 1. The minimum absolute atomic E-state index is 0.297. The van der Waals surface area contributed by atoms with Gasteiger partial charge in [0.15, 0.2) is 0 Å². The van der Waals surface area contributed by atoms with Gasteiger partial charge in [-0.15, -0.1) is 11.3 Å². The maximum atomic E-state index is 11.2. The first-order valence-corrected chi connectivity index (χ1v) is 10.7. The van der Waals surface area contributed by atoms with E-state index in [0.717, 1.165) is 35.4 Å². The molecule has 0 spiro atoms. The van der Waals surface area contributed by atoms with E-state index in [1.807, 2.05) is 24.4 Å². The van der Waals surface area contributed by atoms with Crippen LogP contribution in [0.4, 0.5) is 0 Å². The standard InChI is InChI=1S/C20H22Cl2N2O3S/c1-13-6-10-28-19(13)18(16-5-4-15(21)11-17(16)22)23-27-9-8-24-7-2-3-14(12-24)20(25)26/h4-6,10-11,14H,2-3,7-9,12H2,1H3,(H,25,26)/t14-/m1/s1. The molecule has 0 amide bonds. The number of carboxylic acid groups (broad SMARTS) is 1. The van der Waals surface area contributed by atoms with Gasteiger partial charge in [-0.3, -0.25) is 9.69 Å². The number of aryl methyl sites for hydroxylation is 1. The number of nitrogens with zero attached hydrogens (tertiary/aromatic N) is 2. The summed E-state index contributed by atoms with van der Waals surface area (Å²) in [6.07, 6.45) is 1.63. The zero-order chi connectivity index (χ0) is 20.1. The van der Waals surface area contributed by atoms with E-state index in [1.54, 1.807) is 23.5 Å². The quantitative estimate of drug-likeness (QED) is 0.376. The van der Waals surface area contributed by atoms with Crippen LogP contribution in [0.5, 0.6) is 0 Å². The zero-order valence-electron chi connectivity index (χ0n) is 15.5. The average molecular weight is 441 g/mol. The normalized spacial score (nSPS) is 18.2. The largest absolute Gasteiger partial charge is 0.481 e. The number of carboxylic acids is 1. The Kier molecular flexibility index (Phi) is 7.35. The van der Waals surface area contributed by atoms with Crippen LogP contribution in [0.3, 0.4) is 0 Å². The third-order valence-electron chi connectivity index (χ3n) is 4.77. The van der Waals surface area contributed by atoms with Gasteiger partial charge in [0.05, 0.1) is 15.8 Å². The highest BCUT2D eigenvalue weighted by Gasteiger charge is 2.25. The van der Waals surface area contributed by atoms with Crippen LogP contribution in [0.2, 0.25) is 10.0 Å². The summed E-state index contributed by atoms with van der Waals surface area (Å²) in [6, 6.07) is 7.34. The molecular weight excluding hydrogens is 419 g/mol. The van der Waals surface area contributed by atoms with Crippen molar-refractivity contribution in [3.63, 3.8) is 0 Å². The molecule has 0 aliphatic carbocycles. The Bertz CT molecular complexity index is 869. The first-order valence-electron chi connectivity index (χ1n) is 9.10. The lowest BCUT2D eigenvalue weighted by atomic mass is 9.98. The van der Waals surface area contributed by atoms with Crippen molar-refractivity contribution in [3.8, 4) is 0 Å². The predicted octanol–water partition coefficient (Wildman–Crippen LogP) is 4.93. The molecule has 0 saturated carbocycles. The first-order chi connectivity index (χ1) is 13.5. The number of likely N-dealkylation sites (tertiary alicyclic amines) is 1. The lowest BCUT2D eigenvalue weighted by Crippen LogP contribution is -2.40. The fourth-order valence-electron chi connectivity index (χ4n) is 3.25. The summed E-state index contributed by atoms with van der Waals surface area (Å²) in [7, 11) is 0. The molecule has 1 saturated heterocycles. The zero-order valence-corrected chi connectivity index (χ0v) is 17.9. The number of piperidine rings is 1. The molecule has 1 atom stereocenters. The summed E-state index contributed by atoms with van der Waals surface area (Å²) < 4.78 is 0. The lowest BCUT2D eigenvalue weighted by Gasteiger charge is -2.29. The second kappa shape index (κ2) is 9.74. The van der Waals surface area contributed by atoms with E-state index >= 15 is 0 Å². The van der Waals surface area contributed by atoms with Crippen LogP contribution in [0.25, 0.3) is 0 Å². The fourth-order valence-corrected chi connectivity index (χ4v) is 4.67. The van der Waals surface area contributed by atoms with Crippen LogP contribution in [-0.4, -0.2) is 47.9 Å². The Labute approximate surface area is 178 Å². The molecule has 1 fully saturated rings. The van der Waals surface area contributed by atoms with E-state index in [0.29, 0.717) is 35.5 Å². The van der Waals surface area contributed by atoms with Crippen molar-refractivity contribution < 1.29 is 14.7 Å². The number of carbonyl (C=O) groups is 1. The number of oxime groups is 1. The van der Waals surface area contributed by atoms with Gasteiger partial charge in [-0.1, -0.05) is 28.4 Å². The topological polar surface area (TPSA) is 62.1 Å². The molecule has 2 aromatic rings. The number of hydrogen-bond acceptors (Lipinski definition) is 5. The van der Waals surface area contributed by atoms with Crippen LogP contribution in [0.1, 0.15) is 28.8 Å². The van der Waals surface area contributed by atoms with Gasteiger partial charge < -0.3 is 9.94 Å². The molecule has 0 radical (unpaired) electrons. The molecule has 0 unspecified atom stereocenters. The van der Waals surface area contributed by atoms with Crippen LogP contribution in [0, 0.1) is 12.8 Å². The van der Waals surface area contributed by atoms with E-state index in [9.17, 15) is 9.90 Å². The van der Waals surface area contributed by atoms with Crippen molar-refractivity contribution in [1.82, 2.24) is 4.90 Å². The smallest absolute Gasteiger partial charge is 0.307 e. The van der Waals surface area contributed by atoms with Crippen molar-refractivity contribution in [2.75, 3.05) is 26.2 Å². The number of hydrogen-bond donors (Lipinski definition) is 1. The minimum Gasteiger partial charge on any atom is -0.481 e. The SMILES string of the molecule is Cc1ccsc1C(=NOCCN1CCC[C@@H](C(=O)O)C1)c1ccc(Cl)cc1Cl. The molecule has 5 nitrogen and oxygen atoms in total. The van der Waals surface area contributed by atoms with E-state index < -0.39 is 5.97 Å². The lowest BCUT2D eigenvalue weighted by molar-refractivity contribution is -0.143. The Hall–Kier alpha value is -1.60. The highest BCUT2D eigenvalue weighted by Crippen LogP contribution is 2.27. The van der Waals surface area contributed by atoms with Crippen molar-refractivity contribution >= 4 is 46.2 Å². The molecule has 8 heteroatoms. The van der Waals surface area contributed by atoms with Crippen molar-refractivity contribution in [1.29, 1.82) is 0 Å². The number of aliphatic carboxylic acids is 1. The molecule has 3 rings (SSSR count). The number of halogens is 2. The van der Waals surface area contributed by atoms with Gasteiger partial charge in [0.2, 0.25) is 0 Å².